The first-order valence-corrected chi connectivity index (χ1v) is 9.79. The number of hydrogen-bond donors (Lipinski definition) is 1. The van der Waals surface area contributed by atoms with Gasteiger partial charge < -0.3 is 10.2 Å². The van der Waals surface area contributed by atoms with Crippen molar-refractivity contribution in [3.8, 4) is 0 Å². The summed E-state index contributed by atoms with van der Waals surface area (Å²) >= 11 is 0. The standard InChI is InChI=1S/C23H24FN3O/c1-16-5-7-17(8-6-16)14-26-22-19-13-18(24)9-10-21(19)25-15-20(22)23(28)27-11-3-2-4-12-27/h5-10,13,15H,2-4,11-12,14H2,1H3,(H,25,26). The van der Waals surface area contributed by atoms with Crippen molar-refractivity contribution in [2.75, 3.05) is 18.4 Å². The van der Waals surface area contributed by atoms with Gasteiger partial charge in [-0.2, -0.15) is 0 Å². The lowest BCUT2D eigenvalue weighted by Gasteiger charge is -2.27. The van der Waals surface area contributed by atoms with Crippen LogP contribution in [0.3, 0.4) is 0 Å². The van der Waals surface area contributed by atoms with Crippen molar-refractivity contribution in [3.05, 3.63) is 71.2 Å². The third-order valence-electron chi connectivity index (χ3n) is 5.29. The van der Waals surface area contributed by atoms with Gasteiger partial charge in [0.1, 0.15) is 5.82 Å². The van der Waals surface area contributed by atoms with Gasteiger partial charge in [-0.05, 0) is 49.9 Å². The largest absolute Gasteiger partial charge is 0.380 e. The van der Waals surface area contributed by atoms with Gasteiger partial charge in [0.25, 0.3) is 5.91 Å². The van der Waals surface area contributed by atoms with Gasteiger partial charge in [0.05, 0.1) is 16.8 Å². The third kappa shape index (κ3) is 3.84. The number of amides is 1. The van der Waals surface area contributed by atoms with Crippen molar-refractivity contribution in [1.29, 1.82) is 0 Å². The molecule has 1 aliphatic rings. The Morgan fingerprint density at radius 1 is 1.11 bits per heavy atom. The lowest BCUT2D eigenvalue weighted by atomic mass is 10.1. The van der Waals surface area contributed by atoms with E-state index in [0.29, 0.717) is 28.7 Å². The summed E-state index contributed by atoms with van der Waals surface area (Å²) in [6, 6.07) is 12.7. The highest BCUT2D eigenvalue weighted by Gasteiger charge is 2.23. The number of carbonyl (C=O) groups excluding carboxylic acids is 1. The number of aromatic nitrogens is 1. The Kier molecular flexibility index (Phi) is 5.24. The van der Waals surface area contributed by atoms with Crippen LogP contribution in [-0.2, 0) is 6.54 Å². The molecule has 4 nitrogen and oxygen atoms in total. The summed E-state index contributed by atoms with van der Waals surface area (Å²) in [5, 5.41) is 4.02. The monoisotopic (exact) mass is 377 g/mol. The number of anilines is 1. The van der Waals surface area contributed by atoms with E-state index in [0.717, 1.165) is 37.9 Å². The number of piperidine rings is 1. The van der Waals surface area contributed by atoms with Crippen molar-refractivity contribution in [2.24, 2.45) is 0 Å². The van der Waals surface area contributed by atoms with Crippen molar-refractivity contribution >= 4 is 22.5 Å². The lowest BCUT2D eigenvalue weighted by Crippen LogP contribution is -2.36. The molecule has 5 heteroatoms. The fourth-order valence-electron chi connectivity index (χ4n) is 3.68. The van der Waals surface area contributed by atoms with Gasteiger partial charge in [0.15, 0.2) is 0 Å². The van der Waals surface area contributed by atoms with Crippen LogP contribution in [0.2, 0.25) is 0 Å². The van der Waals surface area contributed by atoms with Gasteiger partial charge in [0.2, 0.25) is 0 Å². The van der Waals surface area contributed by atoms with Crippen molar-refractivity contribution in [3.63, 3.8) is 0 Å². The van der Waals surface area contributed by atoms with Crippen molar-refractivity contribution < 1.29 is 9.18 Å². The van der Waals surface area contributed by atoms with Gasteiger partial charge in [-0.3, -0.25) is 9.78 Å². The van der Waals surface area contributed by atoms with E-state index in [9.17, 15) is 9.18 Å². The maximum absolute atomic E-state index is 14.0. The first kappa shape index (κ1) is 18.4. The number of halogens is 1. The highest BCUT2D eigenvalue weighted by Crippen LogP contribution is 2.29. The molecule has 4 rings (SSSR count). The van der Waals surface area contributed by atoms with Crippen LogP contribution in [0.4, 0.5) is 10.1 Å². The van der Waals surface area contributed by atoms with E-state index in [1.54, 1.807) is 12.3 Å². The van der Waals surface area contributed by atoms with Gasteiger partial charge in [-0.25, -0.2) is 4.39 Å². The van der Waals surface area contributed by atoms with Gasteiger partial charge >= 0.3 is 0 Å². The molecule has 1 aliphatic heterocycles. The Hall–Kier alpha value is -2.95. The molecule has 1 saturated heterocycles. The number of hydrogen-bond acceptors (Lipinski definition) is 3. The molecule has 0 unspecified atom stereocenters. The second-order valence-corrected chi connectivity index (χ2v) is 7.40. The Labute approximate surface area is 164 Å². The summed E-state index contributed by atoms with van der Waals surface area (Å²) < 4.78 is 14.0. The van der Waals surface area contributed by atoms with Crippen LogP contribution in [0, 0.1) is 12.7 Å². The van der Waals surface area contributed by atoms with E-state index in [4.69, 9.17) is 0 Å². The SMILES string of the molecule is Cc1ccc(CNc2c(C(=O)N3CCCCC3)cnc3ccc(F)cc23)cc1. The van der Waals surface area contributed by atoms with Crippen LogP contribution >= 0.6 is 0 Å². The minimum absolute atomic E-state index is 0.0373. The molecule has 1 N–H and O–H groups in total. The smallest absolute Gasteiger partial charge is 0.257 e. The van der Waals surface area contributed by atoms with E-state index in [1.165, 1.54) is 17.7 Å². The second kappa shape index (κ2) is 7.97. The maximum atomic E-state index is 14.0. The minimum Gasteiger partial charge on any atom is -0.380 e. The molecule has 0 spiro atoms. The van der Waals surface area contributed by atoms with E-state index in [2.05, 4.69) is 34.6 Å². The first-order chi connectivity index (χ1) is 13.6. The topological polar surface area (TPSA) is 45.2 Å². The summed E-state index contributed by atoms with van der Waals surface area (Å²) in [6.45, 7) is 4.12. The van der Waals surface area contributed by atoms with Crippen molar-refractivity contribution in [1.82, 2.24) is 9.88 Å². The molecule has 1 fully saturated rings. The van der Waals surface area contributed by atoms with Crippen LogP contribution in [0.1, 0.15) is 40.7 Å². The van der Waals surface area contributed by atoms with Crippen LogP contribution in [-0.4, -0.2) is 28.9 Å². The Morgan fingerprint density at radius 3 is 2.61 bits per heavy atom. The van der Waals surface area contributed by atoms with Gasteiger partial charge in [-0.15, -0.1) is 0 Å². The summed E-state index contributed by atoms with van der Waals surface area (Å²) in [7, 11) is 0. The van der Waals surface area contributed by atoms with E-state index >= 15 is 0 Å². The fourth-order valence-corrected chi connectivity index (χ4v) is 3.68. The first-order valence-electron chi connectivity index (χ1n) is 9.79. The number of pyridine rings is 1. The molecule has 28 heavy (non-hydrogen) atoms. The number of rotatable bonds is 4. The maximum Gasteiger partial charge on any atom is 0.257 e. The summed E-state index contributed by atoms with van der Waals surface area (Å²) in [4.78, 5) is 19.4. The second-order valence-electron chi connectivity index (χ2n) is 7.40. The van der Waals surface area contributed by atoms with E-state index < -0.39 is 0 Å². The fraction of sp³-hybridized carbons (Fsp3) is 0.304. The van der Waals surface area contributed by atoms with E-state index in [1.807, 2.05) is 11.8 Å². The molecule has 0 radical (unpaired) electrons. The zero-order valence-corrected chi connectivity index (χ0v) is 16.0. The van der Waals surface area contributed by atoms with Crippen LogP contribution in [0.15, 0.2) is 48.7 Å². The lowest BCUT2D eigenvalue weighted by molar-refractivity contribution is 0.0725. The van der Waals surface area contributed by atoms with Crippen LogP contribution < -0.4 is 5.32 Å². The summed E-state index contributed by atoms with van der Waals surface area (Å²) in [5.74, 6) is -0.375. The van der Waals surface area contributed by atoms with Gasteiger partial charge in [-0.1, -0.05) is 29.8 Å². The molecule has 144 valence electrons. The van der Waals surface area contributed by atoms with E-state index in [-0.39, 0.29) is 11.7 Å². The quantitative estimate of drug-likeness (QED) is 0.702. The average molecular weight is 377 g/mol. The predicted molar refractivity (Wildman–Crippen MR) is 110 cm³/mol. The zero-order valence-electron chi connectivity index (χ0n) is 16.0. The molecule has 0 saturated carbocycles. The summed E-state index contributed by atoms with van der Waals surface area (Å²) in [6.07, 6.45) is 4.82. The molecule has 0 atom stereocenters. The van der Waals surface area contributed by atoms with Crippen LogP contribution in [0.5, 0.6) is 0 Å². The number of likely N-dealkylation sites (tertiary alicyclic amines) is 1. The minimum atomic E-state index is -0.338. The molecule has 0 bridgehead atoms. The van der Waals surface area contributed by atoms with Crippen LogP contribution in [0.25, 0.3) is 10.9 Å². The molecule has 1 amide bonds. The summed E-state index contributed by atoms with van der Waals surface area (Å²) in [5.41, 5.74) is 4.13. The molecule has 0 aliphatic carbocycles. The highest BCUT2D eigenvalue weighted by molar-refractivity contribution is 6.07. The number of carbonyl (C=O) groups is 1. The number of fused-ring (bicyclic) bond motifs is 1. The number of nitrogens with zero attached hydrogens (tertiary/aromatic N) is 2. The molecule has 2 heterocycles. The Bertz CT molecular complexity index is 995. The molecule has 1 aromatic heterocycles. The third-order valence-corrected chi connectivity index (χ3v) is 5.29. The Balaban J connectivity index is 1.72. The molecule has 2 aromatic carbocycles. The highest BCUT2D eigenvalue weighted by atomic mass is 19.1. The average Bonchev–Trinajstić information content (AvgIpc) is 2.73. The zero-order chi connectivity index (χ0) is 19.5. The van der Waals surface area contributed by atoms with Gasteiger partial charge in [0, 0.05) is 31.2 Å². The molecule has 3 aromatic rings. The molecular weight excluding hydrogens is 353 g/mol. The normalized spacial score (nSPS) is 14.3. The predicted octanol–water partition coefficient (Wildman–Crippen LogP) is 4.92. The van der Waals surface area contributed by atoms with Crippen molar-refractivity contribution in [2.45, 2.75) is 32.7 Å². The number of aryl methyl sites for hydroxylation is 1. The number of benzene rings is 2. The Morgan fingerprint density at radius 2 is 1.86 bits per heavy atom. The molecular formula is C23H24FN3O. The number of nitrogens with one attached hydrogen (secondary N) is 1.